The molecule has 1 fully saturated rings. The fraction of sp³-hybridized carbons (Fsp3) is 0.412. The average Bonchev–Trinajstić information content (AvgIpc) is 3.11. The Morgan fingerprint density at radius 3 is 3.00 bits per heavy atom. The highest BCUT2D eigenvalue weighted by atomic mass is 32.2. The van der Waals surface area contributed by atoms with Gasteiger partial charge in [-0.1, -0.05) is 12.1 Å². The molecule has 6 nitrogen and oxygen atoms in total. The molecule has 0 spiro atoms. The van der Waals surface area contributed by atoms with E-state index in [0.717, 1.165) is 18.2 Å². The number of pyridine rings is 1. The van der Waals surface area contributed by atoms with Crippen molar-refractivity contribution in [1.82, 2.24) is 9.29 Å². The molecule has 1 atom stereocenters. The molecule has 24 heavy (non-hydrogen) atoms. The number of aromatic nitrogens is 1. The second kappa shape index (κ2) is 7.26. The van der Waals surface area contributed by atoms with Crippen LogP contribution in [-0.2, 0) is 14.8 Å². The number of rotatable bonds is 6. The maximum atomic E-state index is 13.2. The standard InChI is InChI=1S/C17H19N3O3S/c18-8-3-10-20(13-15-5-2-11-23-15)24(21,22)17-6-1-4-14-12-19-9-7-16(14)17/h1,4,6-7,9,12,15H,2-3,5,10-11,13H2. The molecule has 0 N–H and O–H groups in total. The van der Waals surface area contributed by atoms with Crippen LogP contribution in [0.25, 0.3) is 10.8 Å². The maximum absolute atomic E-state index is 13.2. The van der Waals surface area contributed by atoms with Crippen LogP contribution in [0.5, 0.6) is 0 Å². The topological polar surface area (TPSA) is 83.3 Å². The van der Waals surface area contributed by atoms with E-state index in [1.54, 1.807) is 30.6 Å². The highest BCUT2D eigenvalue weighted by Crippen LogP contribution is 2.26. The van der Waals surface area contributed by atoms with E-state index in [-0.39, 0.29) is 30.5 Å². The highest BCUT2D eigenvalue weighted by Gasteiger charge is 2.29. The van der Waals surface area contributed by atoms with Gasteiger partial charge in [0.2, 0.25) is 10.0 Å². The minimum Gasteiger partial charge on any atom is -0.377 e. The number of ether oxygens (including phenoxy) is 1. The summed E-state index contributed by atoms with van der Waals surface area (Å²) < 4.78 is 33.3. The maximum Gasteiger partial charge on any atom is 0.243 e. The normalized spacial score (nSPS) is 18.1. The van der Waals surface area contributed by atoms with Crippen LogP contribution in [0.2, 0.25) is 0 Å². The summed E-state index contributed by atoms with van der Waals surface area (Å²) in [6, 6.07) is 8.88. The molecule has 0 saturated carbocycles. The van der Waals surface area contributed by atoms with Crippen LogP contribution >= 0.6 is 0 Å². The molecule has 2 aromatic rings. The van der Waals surface area contributed by atoms with Gasteiger partial charge in [-0.05, 0) is 25.0 Å². The zero-order valence-electron chi connectivity index (χ0n) is 13.3. The SMILES string of the molecule is N#CCCN(CC1CCCO1)S(=O)(=O)c1cccc2cnccc12. The lowest BCUT2D eigenvalue weighted by Crippen LogP contribution is -2.38. The van der Waals surface area contributed by atoms with E-state index in [2.05, 4.69) is 4.98 Å². The van der Waals surface area contributed by atoms with Crippen LogP contribution < -0.4 is 0 Å². The number of nitrogens with zero attached hydrogens (tertiary/aromatic N) is 3. The second-order valence-corrected chi connectivity index (χ2v) is 7.67. The Morgan fingerprint density at radius 2 is 2.25 bits per heavy atom. The summed E-state index contributed by atoms with van der Waals surface area (Å²) in [7, 11) is -3.71. The first-order valence-electron chi connectivity index (χ1n) is 7.94. The van der Waals surface area contributed by atoms with Crippen LogP contribution in [0.3, 0.4) is 0 Å². The van der Waals surface area contributed by atoms with Gasteiger partial charge in [0.25, 0.3) is 0 Å². The lowest BCUT2D eigenvalue weighted by molar-refractivity contribution is 0.0941. The lowest BCUT2D eigenvalue weighted by Gasteiger charge is -2.24. The molecule has 126 valence electrons. The lowest BCUT2D eigenvalue weighted by atomic mass is 10.2. The van der Waals surface area contributed by atoms with Crippen molar-refractivity contribution in [3.05, 3.63) is 36.7 Å². The molecule has 3 rings (SSSR count). The van der Waals surface area contributed by atoms with Crippen molar-refractivity contribution in [2.24, 2.45) is 0 Å². The molecule has 1 saturated heterocycles. The van der Waals surface area contributed by atoms with Crippen molar-refractivity contribution in [2.75, 3.05) is 19.7 Å². The quantitative estimate of drug-likeness (QED) is 0.802. The molecule has 1 aliphatic rings. The summed E-state index contributed by atoms with van der Waals surface area (Å²) >= 11 is 0. The van der Waals surface area contributed by atoms with Gasteiger partial charge < -0.3 is 4.74 Å². The van der Waals surface area contributed by atoms with E-state index in [0.29, 0.717) is 12.0 Å². The van der Waals surface area contributed by atoms with Crippen molar-refractivity contribution < 1.29 is 13.2 Å². The summed E-state index contributed by atoms with van der Waals surface area (Å²) in [6.07, 6.45) is 5.07. The van der Waals surface area contributed by atoms with Crippen LogP contribution in [0.4, 0.5) is 0 Å². The minimum atomic E-state index is -3.71. The van der Waals surface area contributed by atoms with E-state index >= 15 is 0 Å². The van der Waals surface area contributed by atoms with Crippen molar-refractivity contribution >= 4 is 20.8 Å². The van der Waals surface area contributed by atoms with Gasteiger partial charge in [-0.2, -0.15) is 9.57 Å². The van der Waals surface area contributed by atoms with Gasteiger partial charge in [0.05, 0.1) is 17.1 Å². The van der Waals surface area contributed by atoms with Gasteiger partial charge in [0.15, 0.2) is 0 Å². The van der Waals surface area contributed by atoms with Crippen LogP contribution in [-0.4, -0.2) is 43.5 Å². The van der Waals surface area contributed by atoms with Gasteiger partial charge in [-0.3, -0.25) is 4.98 Å². The predicted molar refractivity (Wildman–Crippen MR) is 89.7 cm³/mol. The molecular formula is C17H19N3O3S. The molecule has 7 heteroatoms. The highest BCUT2D eigenvalue weighted by molar-refractivity contribution is 7.89. The molecule has 2 heterocycles. The Balaban J connectivity index is 1.98. The van der Waals surface area contributed by atoms with E-state index in [1.807, 2.05) is 12.1 Å². The monoisotopic (exact) mass is 345 g/mol. The largest absolute Gasteiger partial charge is 0.377 e. The van der Waals surface area contributed by atoms with Gasteiger partial charge in [0.1, 0.15) is 0 Å². The van der Waals surface area contributed by atoms with Crippen LogP contribution in [0, 0.1) is 11.3 Å². The first-order chi connectivity index (χ1) is 11.6. The Morgan fingerprint density at radius 1 is 1.38 bits per heavy atom. The van der Waals surface area contributed by atoms with Crippen molar-refractivity contribution in [3.8, 4) is 6.07 Å². The summed E-state index contributed by atoms with van der Waals surface area (Å²) in [5.74, 6) is 0. The number of nitriles is 1. The first kappa shape index (κ1) is 16.8. The molecule has 0 amide bonds. The molecule has 0 bridgehead atoms. The van der Waals surface area contributed by atoms with E-state index in [1.165, 1.54) is 4.31 Å². The fourth-order valence-corrected chi connectivity index (χ4v) is 4.64. The Labute approximate surface area is 141 Å². The van der Waals surface area contributed by atoms with Gasteiger partial charge in [-0.25, -0.2) is 8.42 Å². The predicted octanol–water partition coefficient (Wildman–Crippen LogP) is 2.32. The third-order valence-electron chi connectivity index (χ3n) is 4.16. The van der Waals surface area contributed by atoms with Crippen LogP contribution in [0.15, 0.2) is 41.6 Å². The molecule has 0 radical (unpaired) electrons. The number of hydrogen-bond acceptors (Lipinski definition) is 5. The third kappa shape index (κ3) is 3.41. The number of fused-ring (bicyclic) bond motifs is 1. The smallest absolute Gasteiger partial charge is 0.243 e. The van der Waals surface area contributed by atoms with Crippen LogP contribution in [0.1, 0.15) is 19.3 Å². The fourth-order valence-electron chi connectivity index (χ4n) is 2.96. The zero-order chi connectivity index (χ0) is 17.0. The summed E-state index contributed by atoms with van der Waals surface area (Å²) in [5, 5.41) is 10.3. The molecule has 1 aromatic heterocycles. The van der Waals surface area contributed by atoms with Crippen molar-refractivity contribution in [3.63, 3.8) is 0 Å². The van der Waals surface area contributed by atoms with Gasteiger partial charge >= 0.3 is 0 Å². The average molecular weight is 345 g/mol. The van der Waals surface area contributed by atoms with Crippen molar-refractivity contribution in [2.45, 2.75) is 30.3 Å². The Kier molecular flexibility index (Phi) is 5.09. The van der Waals surface area contributed by atoms with E-state index < -0.39 is 10.0 Å². The summed E-state index contributed by atoms with van der Waals surface area (Å²) in [4.78, 5) is 4.29. The Bertz CT molecular complexity index is 850. The molecule has 0 aliphatic carbocycles. The van der Waals surface area contributed by atoms with E-state index in [9.17, 15) is 8.42 Å². The van der Waals surface area contributed by atoms with Gasteiger partial charge in [0, 0.05) is 49.3 Å². The minimum absolute atomic E-state index is 0.102. The molecule has 1 aromatic carbocycles. The molecule has 1 aliphatic heterocycles. The number of sulfonamides is 1. The number of benzene rings is 1. The number of hydrogen-bond donors (Lipinski definition) is 0. The van der Waals surface area contributed by atoms with E-state index in [4.69, 9.17) is 10.00 Å². The summed E-state index contributed by atoms with van der Waals surface area (Å²) in [6.45, 7) is 1.11. The Hall–Kier alpha value is -2.01. The zero-order valence-corrected chi connectivity index (χ0v) is 14.1. The molecular weight excluding hydrogens is 326 g/mol. The molecule has 1 unspecified atom stereocenters. The third-order valence-corrected chi connectivity index (χ3v) is 6.09. The first-order valence-corrected chi connectivity index (χ1v) is 9.38. The van der Waals surface area contributed by atoms with Crippen molar-refractivity contribution in [1.29, 1.82) is 5.26 Å². The summed E-state index contributed by atoms with van der Waals surface area (Å²) in [5.41, 5.74) is 0. The second-order valence-electron chi connectivity index (χ2n) is 5.76. The van der Waals surface area contributed by atoms with Gasteiger partial charge in [-0.15, -0.1) is 0 Å².